The van der Waals surface area contributed by atoms with Gasteiger partial charge in [-0.2, -0.15) is 0 Å². The SMILES string of the molecule is CC(C)CN(CCN(C)C)C(=O)C1NCCCC1C. The van der Waals surface area contributed by atoms with Crippen molar-refractivity contribution in [2.75, 3.05) is 40.3 Å². The van der Waals surface area contributed by atoms with Crippen molar-refractivity contribution in [3.63, 3.8) is 0 Å². The number of rotatable bonds is 6. The molecular weight excluding hydrogens is 238 g/mol. The van der Waals surface area contributed by atoms with Gasteiger partial charge in [0.25, 0.3) is 0 Å². The molecule has 0 aromatic rings. The second-order valence-electron chi connectivity index (χ2n) is 6.53. The Kier molecular flexibility index (Phi) is 6.80. The van der Waals surface area contributed by atoms with Gasteiger partial charge in [-0.05, 0) is 45.3 Å². The second-order valence-corrected chi connectivity index (χ2v) is 6.53. The molecule has 0 aromatic heterocycles. The first-order chi connectivity index (χ1) is 8.91. The number of carbonyl (C=O) groups excluding carboxylic acids is 1. The van der Waals surface area contributed by atoms with Crippen LogP contribution in [0.5, 0.6) is 0 Å². The molecule has 1 aliphatic heterocycles. The van der Waals surface area contributed by atoms with Gasteiger partial charge >= 0.3 is 0 Å². The molecule has 19 heavy (non-hydrogen) atoms. The molecule has 0 bridgehead atoms. The van der Waals surface area contributed by atoms with Crippen LogP contribution in [0.25, 0.3) is 0 Å². The normalized spacial score (nSPS) is 23.9. The van der Waals surface area contributed by atoms with Crippen LogP contribution in [-0.4, -0.2) is 62.0 Å². The molecule has 1 amide bonds. The first-order valence-electron chi connectivity index (χ1n) is 7.58. The second kappa shape index (κ2) is 7.85. The summed E-state index contributed by atoms with van der Waals surface area (Å²) in [6.45, 7) is 10.1. The van der Waals surface area contributed by atoms with E-state index in [9.17, 15) is 4.79 Å². The van der Waals surface area contributed by atoms with Crippen LogP contribution in [0.3, 0.4) is 0 Å². The van der Waals surface area contributed by atoms with E-state index in [4.69, 9.17) is 0 Å². The molecule has 1 aliphatic rings. The summed E-state index contributed by atoms with van der Waals surface area (Å²) in [6.07, 6.45) is 2.35. The fourth-order valence-corrected chi connectivity index (χ4v) is 2.63. The Bertz CT molecular complexity index is 279. The van der Waals surface area contributed by atoms with E-state index in [2.05, 4.69) is 45.1 Å². The Labute approximate surface area is 118 Å². The Morgan fingerprint density at radius 2 is 2.00 bits per heavy atom. The molecule has 0 aromatic carbocycles. The van der Waals surface area contributed by atoms with Gasteiger partial charge < -0.3 is 15.1 Å². The summed E-state index contributed by atoms with van der Waals surface area (Å²) in [4.78, 5) is 16.9. The van der Waals surface area contributed by atoms with Crippen molar-refractivity contribution < 1.29 is 4.79 Å². The number of nitrogens with one attached hydrogen (secondary N) is 1. The Balaban J connectivity index is 2.63. The molecule has 1 N–H and O–H groups in total. The van der Waals surface area contributed by atoms with Gasteiger partial charge in [0.2, 0.25) is 5.91 Å². The predicted octanol–water partition coefficient (Wildman–Crippen LogP) is 1.42. The van der Waals surface area contributed by atoms with Crippen molar-refractivity contribution in [3.8, 4) is 0 Å². The number of likely N-dealkylation sites (N-methyl/N-ethyl adjacent to an activating group) is 1. The molecule has 1 heterocycles. The molecule has 1 saturated heterocycles. The van der Waals surface area contributed by atoms with Crippen molar-refractivity contribution in [1.82, 2.24) is 15.1 Å². The molecule has 1 rings (SSSR count). The van der Waals surface area contributed by atoms with Gasteiger partial charge in [0.15, 0.2) is 0 Å². The fourth-order valence-electron chi connectivity index (χ4n) is 2.63. The topological polar surface area (TPSA) is 35.6 Å². The van der Waals surface area contributed by atoms with Crippen LogP contribution >= 0.6 is 0 Å². The average Bonchev–Trinajstić information content (AvgIpc) is 2.33. The predicted molar refractivity (Wildman–Crippen MR) is 80.2 cm³/mol. The zero-order valence-electron chi connectivity index (χ0n) is 13.3. The van der Waals surface area contributed by atoms with Gasteiger partial charge in [0.1, 0.15) is 0 Å². The molecule has 112 valence electrons. The molecule has 0 spiro atoms. The fraction of sp³-hybridized carbons (Fsp3) is 0.933. The maximum atomic E-state index is 12.7. The third kappa shape index (κ3) is 5.49. The van der Waals surface area contributed by atoms with Gasteiger partial charge in [0.05, 0.1) is 6.04 Å². The van der Waals surface area contributed by atoms with Crippen molar-refractivity contribution >= 4 is 5.91 Å². The van der Waals surface area contributed by atoms with E-state index in [1.165, 1.54) is 6.42 Å². The van der Waals surface area contributed by atoms with Gasteiger partial charge in [-0.15, -0.1) is 0 Å². The van der Waals surface area contributed by atoms with E-state index in [0.29, 0.717) is 17.7 Å². The largest absolute Gasteiger partial charge is 0.340 e. The van der Waals surface area contributed by atoms with E-state index < -0.39 is 0 Å². The van der Waals surface area contributed by atoms with Crippen LogP contribution in [0.2, 0.25) is 0 Å². The first kappa shape index (κ1) is 16.4. The van der Waals surface area contributed by atoms with Crippen LogP contribution < -0.4 is 5.32 Å². The minimum Gasteiger partial charge on any atom is -0.340 e. The summed E-state index contributed by atoms with van der Waals surface area (Å²) in [7, 11) is 4.11. The van der Waals surface area contributed by atoms with E-state index in [0.717, 1.165) is 32.6 Å². The molecule has 0 aliphatic carbocycles. The molecule has 4 nitrogen and oxygen atoms in total. The minimum atomic E-state index is 0.0228. The average molecular weight is 269 g/mol. The standard InChI is InChI=1S/C15H31N3O/c1-12(2)11-18(10-9-17(4)5)15(19)14-13(3)7-6-8-16-14/h12-14,16H,6-11H2,1-5H3. The maximum absolute atomic E-state index is 12.7. The number of hydrogen-bond acceptors (Lipinski definition) is 3. The summed E-state index contributed by atoms with van der Waals surface area (Å²) < 4.78 is 0. The zero-order valence-corrected chi connectivity index (χ0v) is 13.3. The number of carbonyl (C=O) groups is 1. The number of piperidine rings is 1. The summed E-state index contributed by atoms with van der Waals surface area (Å²) in [5, 5.41) is 3.41. The number of hydrogen-bond donors (Lipinski definition) is 1. The lowest BCUT2D eigenvalue weighted by Crippen LogP contribution is -2.54. The summed E-state index contributed by atoms with van der Waals surface area (Å²) in [6, 6.07) is 0.0228. The van der Waals surface area contributed by atoms with Crippen LogP contribution in [-0.2, 0) is 4.79 Å². The monoisotopic (exact) mass is 269 g/mol. The number of amides is 1. The van der Waals surface area contributed by atoms with Gasteiger partial charge in [-0.3, -0.25) is 4.79 Å². The van der Waals surface area contributed by atoms with Gasteiger partial charge in [-0.1, -0.05) is 20.8 Å². The summed E-state index contributed by atoms with van der Waals surface area (Å²) >= 11 is 0. The Morgan fingerprint density at radius 1 is 1.32 bits per heavy atom. The lowest BCUT2D eigenvalue weighted by Gasteiger charge is -2.35. The van der Waals surface area contributed by atoms with Crippen molar-refractivity contribution in [1.29, 1.82) is 0 Å². The summed E-state index contributed by atoms with van der Waals surface area (Å²) in [5.74, 6) is 1.27. The molecule has 0 radical (unpaired) electrons. The zero-order chi connectivity index (χ0) is 14.4. The Morgan fingerprint density at radius 3 is 2.53 bits per heavy atom. The third-order valence-electron chi connectivity index (χ3n) is 3.75. The van der Waals surface area contributed by atoms with Gasteiger partial charge in [0, 0.05) is 19.6 Å². The highest BCUT2D eigenvalue weighted by atomic mass is 16.2. The van der Waals surface area contributed by atoms with Crippen molar-refractivity contribution in [2.24, 2.45) is 11.8 Å². The van der Waals surface area contributed by atoms with E-state index in [1.807, 2.05) is 4.90 Å². The lowest BCUT2D eigenvalue weighted by atomic mass is 9.91. The van der Waals surface area contributed by atoms with Crippen LogP contribution in [0.1, 0.15) is 33.6 Å². The Hall–Kier alpha value is -0.610. The smallest absolute Gasteiger partial charge is 0.240 e. The van der Waals surface area contributed by atoms with Crippen LogP contribution in [0, 0.1) is 11.8 Å². The quantitative estimate of drug-likeness (QED) is 0.792. The minimum absolute atomic E-state index is 0.0228. The van der Waals surface area contributed by atoms with Crippen LogP contribution in [0.15, 0.2) is 0 Å². The highest BCUT2D eigenvalue weighted by Crippen LogP contribution is 2.18. The molecule has 0 saturated carbocycles. The maximum Gasteiger partial charge on any atom is 0.240 e. The van der Waals surface area contributed by atoms with Crippen LogP contribution in [0.4, 0.5) is 0 Å². The van der Waals surface area contributed by atoms with E-state index >= 15 is 0 Å². The highest BCUT2D eigenvalue weighted by molar-refractivity contribution is 5.82. The highest BCUT2D eigenvalue weighted by Gasteiger charge is 2.30. The summed E-state index contributed by atoms with van der Waals surface area (Å²) in [5.41, 5.74) is 0. The van der Waals surface area contributed by atoms with Crippen molar-refractivity contribution in [2.45, 2.75) is 39.7 Å². The number of nitrogens with zero attached hydrogens (tertiary/aromatic N) is 2. The molecular formula is C15H31N3O. The van der Waals surface area contributed by atoms with E-state index in [1.54, 1.807) is 0 Å². The van der Waals surface area contributed by atoms with Crippen molar-refractivity contribution in [3.05, 3.63) is 0 Å². The lowest BCUT2D eigenvalue weighted by molar-refractivity contribution is -0.136. The third-order valence-corrected chi connectivity index (χ3v) is 3.75. The molecule has 1 fully saturated rings. The van der Waals surface area contributed by atoms with E-state index in [-0.39, 0.29) is 6.04 Å². The first-order valence-corrected chi connectivity index (χ1v) is 7.58. The molecule has 2 atom stereocenters. The van der Waals surface area contributed by atoms with Gasteiger partial charge in [-0.25, -0.2) is 0 Å². The molecule has 2 unspecified atom stereocenters. The molecule has 4 heteroatoms.